The molecule has 0 spiro atoms. The second-order valence-electron chi connectivity index (χ2n) is 13.6. The van der Waals surface area contributed by atoms with E-state index < -0.39 is 110 Å². The van der Waals surface area contributed by atoms with Gasteiger partial charge in [-0.1, -0.05) is 0 Å². The summed E-state index contributed by atoms with van der Waals surface area (Å²) in [6, 6.07) is 7.08. The van der Waals surface area contributed by atoms with E-state index >= 15 is 0 Å². The highest BCUT2D eigenvalue weighted by Gasteiger charge is 2.51. The van der Waals surface area contributed by atoms with E-state index in [1.54, 1.807) is 0 Å². The van der Waals surface area contributed by atoms with Crippen LogP contribution in [0.4, 0.5) is 0 Å². The molecule has 0 radical (unpaired) electrons. The second-order valence-corrected chi connectivity index (χ2v) is 13.6. The van der Waals surface area contributed by atoms with E-state index in [1.165, 1.54) is 65.5 Å². The van der Waals surface area contributed by atoms with E-state index in [0.717, 1.165) is 0 Å². The number of ether oxygens (including phenoxy) is 9. The minimum Gasteiger partial charge on any atom is -0.496 e. The molecule has 20 nitrogen and oxygen atoms in total. The van der Waals surface area contributed by atoms with Crippen molar-refractivity contribution in [2.75, 3.05) is 27.9 Å². The van der Waals surface area contributed by atoms with Crippen LogP contribution in [0.2, 0.25) is 0 Å². The zero-order valence-corrected chi connectivity index (χ0v) is 30.8. The molecule has 3 aromatic rings. The molecule has 3 aliphatic rings. The third-order valence-electron chi connectivity index (χ3n) is 9.98. The van der Waals surface area contributed by atoms with Crippen LogP contribution in [0.15, 0.2) is 39.5 Å². The zero-order chi connectivity index (χ0) is 40.7. The molecule has 6 rings (SSSR count). The summed E-state index contributed by atoms with van der Waals surface area (Å²) >= 11 is 0. The molecule has 6 unspecified atom stereocenters. The molecule has 3 saturated heterocycles. The summed E-state index contributed by atoms with van der Waals surface area (Å²) in [6.45, 7) is 2.10. The Morgan fingerprint density at radius 3 is 1.88 bits per heavy atom. The van der Waals surface area contributed by atoms with Gasteiger partial charge in [-0.25, -0.2) is 0 Å². The van der Waals surface area contributed by atoms with Gasteiger partial charge in [-0.05, 0) is 32.0 Å². The molecule has 15 atom stereocenters. The summed E-state index contributed by atoms with van der Waals surface area (Å²) in [5.74, 6) is -0.391. The van der Waals surface area contributed by atoms with Gasteiger partial charge < -0.3 is 93.0 Å². The van der Waals surface area contributed by atoms with Gasteiger partial charge >= 0.3 is 0 Å². The molecule has 2 aromatic carbocycles. The SMILES string of the molecule is COc1ccc(-c2oc3cc(O[C@@H]4OC(C)[C@H](O)C(O)[C@@H]4O)cc(OC)c3c(=O)c2O[C@@H]2OC(C)[C@H](O)C(O)[C@@H]2O[C@@H]2OC(CO)[C@@H](O)[C@H](O)C2O)cc1OC. The van der Waals surface area contributed by atoms with Gasteiger partial charge in [-0.2, -0.15) is 0 Å². The van der Waals surface area contributed by atoms with Crippen LogP contribution in [0.1, 0.15) is 13.8 Å². The average Bonchev–Trinajstić information content (AvgIpc) is 3.19. The molecule has 0 bridgehead atoms. The van der Waals surface area contributed by atoms with Crippen molar-refractivity contribution in [2.24, 2.45) is 0 Å². The topological polar surface area (TPSA) is 295 Å². The van der Waals surface area contributed by atoms with E-state index in [-0.39, 0.29) is 39.5 Å². The average molecular weight is 799 g/mol. The lowest BCUT2D eigenvalue weighted by atomic mass is 9.97. The predicted molar refractivity (Wildman–Crippen MR) is 186 cm³/mol. The van der Waals surface area contributed by atoms with Crippen molar-refractivity contribution < 1.29 is 93.0 Å². The van der Waals surface area contributed by atoms with Crippen LogP contribution in [-0.2, 0) is 18.9 Å². The number of hydrogen-bond donors (Lipinski definition) is 9. The Bertz CT molecular complexity index is 1890. The van der Waals surface area contributed by atoms with Gasteiger partial charge in [0.2, 0.25) is 23.8 Å². The lowest BCUT2D eigenvalue weighted by molar-refractivity contribution is -0.355. The van der Waals surface area contributed by atoms with Gasteiger partial charge in [0.1, 0.15) is 77.4 Å². The van der Waals surface area contributed by atoms with Crippen molar-refractivity contribution in [3.63, 3.8) is 0 Å². The van der Waals surface area contributed by atoms with Crippen molar-refractivity contribution in [1.82, 2.24) is 0 Å². The third-order valence-corrected chi connectivity index (χ3v) is 9.98. The summed E-state index contributed by atoms with van der Waals surface area (Å²) in [7, 11) is 4.05. The van der Waals surface area contributed by atoms with Gasteiger partial charge in [0, 0.05) is 17.7 Å². The molecule has 3 aliphatic heterocycles. The first-order valence-corrected chi connectivity index (χ1v) is 17.6. The Morgan fingerprint density at radius 1 is 0.625 bits per heavy atom. The minimum absolute atomic E-state index is 0.0428. The molecule has 20 heteroatoms. The Kier molecular flexibility index (Phi) is 12.6. The molecular formula is C36H46O20. The highest BCUT2D eigenvalue weighted by atomic mass is 16.8. The largest absolute Gasteiger partial charge is 0.496 e. The number of aliphatic hydroxyl groups is 9. The van der Waals surface area contributed by atoms with Gasteiger partial charge in [0.15, 0.2) is 29.7 Å². The van der Waals surface area contributed by atoms with Crippen LogP contribution in [0.5, 0.6) is 28.7 Å². The second kappa shape index (κ2) is 16.9. The Morgan fingerprint density at radius 2 is 1.23 bits per heavy atom. The van der Waals surface area contributed by atoms with Crippen LogP contribution in [0.25, 0.3) is 22.3 Å². The van der Waals surface area contributed by atoms with Gasteiger partial charge in [-0.15, -0.1) is 0 Å². The van der Waals surface area contributed by atoms with E-state index in [9.17, 15) is 50.8 Å². The number of aliphatic hydroxyl groups excluding tert-OH is 9. The van der Waals surface area contributed by atoms with Crippen LogP contribution < -0.4 is 29.1 Å². The fourth-order valence-electron chi connectivity index (χ4n) is 6.68. The molecule has 0 aliphatic carbocycles. The lowest BCUT2D eigenvalue weighted by Crippen LogP contribution is -2.64. The van der Waals surface area contributed by atoms with Crippen LogP contribution >= 0.6 is 0 Å². The molecule has 3 fully saturated rings. The van der Waals surface area contributed by atoms with Crippen molar-refractivity contribution in [3.8, 4) is 40.1 Å². The zero-order valence-electron chi connectivity index (χ0n) is 30.8. The number of rotatable bonds is 11. The Labute approximate surface area is 318 Å². The number of methoxy groups -OCH3 is 3. The fourth-order valence-corrected chi connectivity index (χ4v) is 6.68. The quantitative estimate of drug-likeness (QED) is 0.0988. The van der Waals surface area contributed by atoms with Crippen molar-refractivity contribution in [3.05, 3.63) is 40.6 Å². The summed E-state index contributed by atoms with van der Waals surface area (Å²) in [6.07, 6.45) is -23.8. The monoisotopic (exact) mass is 798 g/mol. The standard InChI is InChI=1S/C36H46O20/c1-12-22(38)26(42)29(45)34(50-12)52-15-9-18(49-5)21-19(10-15)53-31(14-6-7-16(47-3)17(8-14)48-4)32(25(21)41)55-36-33(28(44)23(39)13(2)51-36)56-35-30(46)27(43)24(40)20(11-37)54-35/h6-10,12-13,20,22-24,26-30,33-40,42-46H,11H2,1-5H3/t12?,13?,20?,22-,23-,24+,26?,27-,28?,29-,30?,33-,34-,35-,36-/m0/s1. The summed E-state index contributed by atoms with van der Waals surface area (Å²) in [5.41, 5.74) is -0.804. The van der Waals surface area contributed by atoms with Gasteiger partial charge in [0.05, 0.1) is 40.1 Å². The summed E-state index contributed by atoms with van der Waals surface area (Å²) < 4.78 is 57.5. The number of fused-ring (bicyclic) bond motifs is 1. The van der Waals surface area contributed by atoms with Crippen molar-refractivity contribution in [2.45, 2.75) is 106 Å². The third kappa shape index (κ3) is 7.73. The van der Waals surface area contributed by atoms with E-state index in [0.29, 0.717) is 5.75 Å². The fraction of sp³-hybridized carbons (Fsp3) is 0.583. The maximum absolute atomic E-state index is 14.6. The molecule has 9 N–H and O–H groups in total. The smallest absolute Gasteiger partial charge is 0.239 e. The highest BCUT2D eigenvalue weighted by Crippen LogP contribution is 2.41. The van der Waals surface area contributed by atoms with E-state index in [4.69, 9.17) is 47.0 Å². The molecule has 310 valence electrons. The predicted octanol–water partition coefficient (Wildman–Crippen LogP) is -2.28. The van der Waals surface area contributed by atoms with E-state index in [1.807, 2.05) is 0 Å². The van der Waals surface area contributed by atoms with Gasteiger partial charge in [-0.3, -0.25) is 4.79 Å². The maximum atomic E-state index is 14.6. The molecular weight excluding hydrogens is 752 g/mol. The molecule has 0 amide bonds. The minimum atomic E-state index is -1.91. The van der Waals surface area contributed by atoms with Crippen molar-refractivity contribution in [1.29, 1.82) is 0 Å². The first-order chi connectivity index (χ1) is 26.6. The van der Waals surface area contributed by atoms with Crippen LogP contribution in [0, 0.1) is 0 Å². The molecule has 1 aromatic heterocycles. The maximum Gasteiger partial charge on any atom is 0.239 e. The summed E-state index contributed by atoms with van der Waals surface area (Å²) in [4.78, 5) is 14.6. The Balaban J connectivity index is 1.46. The van der Waals surface area contributed by atoms with Crippen molar-refractivity contribution >= 4 is 11.0 Å². The van der Waals surface area contributed by atoms with Gasteiger partial charge in [0.25, 0.3) is 0 Å². The number of benzene rings is 2. The first kappa shape index (κ1) is 41.8. The van der Waals surface area contributed by atoms with E-state index in [2.05, 4.69) is 0 Å². The molecule has 0 saturated carbocycles. The van der Waals surface area contributed by atoms with Crippen LogP contribution in [0.3, 0.4) is 0 Å². The molecule has 4 heterocycles. The number of hydrogen-bond acceptors (Lipinski definition) is 20. The molecule has 56 heavy (non-hydrogen) atoms. The normalized spacial score (nSPS) is 36.2. The lowest BCUT2D eigenvalue weighted by Gasteiger charge is -2.45. The Hall–Kier alpha value is -3.87. The first-order valence-electron chi connectivity index (χ1n) is 17.6. The summed E-state index contributed by atoms with van der Waals surface area (Å²) in [5, 5.41) is 93.8. The highest BCUT2D eigenvalue weighted by molar-refractivity contribution is 5.89. The van der Waals surface area contributed by atoms with Crippen LogP contribution in [-0.4, -0.2) is 166 Å².